The molecule has 4 heteroatoms. The van der Waals surface area contributed by atoms with E-state index in [0.29, 0.717) is 0 Å². The Kier molecular flexibility index (Phi) is 5.60. The van der Waals surface area contributed by atoms with Gasteiger partial charge < -0.3 is 9.47 Å². The lowest BCUT2D eigenvalue weighted by Gasteiger charge is -2.35. The molecule has 0 aliphatic carbocycles. The van der Waals surface area contributed by atoms with Crippen molar-refractivity contribution >= 4 is 17.1 Å². The summed E-state index contributed by atoms with van der Waals surface area (Å²) in [6.07, 6.45) is 3.91. The van der Waals surface area contributed by atoms with Crippen molar-refractivity contribution in [3.8, 4) is 11.5 Å². The molecule has 154 valence electrons. The highest BCUT2D eigenvalue weighted by molar-refractivity contribution is 7.11. The van der Waals surface area contributed by atoms with Gasteiger partial charge in [-0.1, -0.05) is 42.8 Å². The zero-order valence-corrected chi connectivity index (χ0v) is 18.2. The van der Waals surface area contributed by atoms with Crippen molar-refractivity contribution < 1.29 is 9.47 Å². The van der Waals surface area contributed by atoms with Crippen LogP contribution in [-0.4, -0.2) is 31.6 Å². The summed E-state index contributed by atoms with van der Waals surface area (Å²) in [4.78, 5) is 3.80. The van der Waals surface area contributed by atoms with Crippen LogP contribution in [0.15, 0.2) is 71.6 Å². The van der Waals surface area contributed by atoms with Gasteiger partial charge in [-0.15, -0.1) is 11.3 Å². The molecule has 0 unspecified atom stereocenters. The third kappa shape index (κ3) is 3.78. The molecular weight excluding hydrogens is 390 g/mol. The minimum absolute atomic E-state index is 0.180. The number of hydrogen-bond acceptors (Lipinski definition) is 4. The average Bonchev–Trinajstić information content (AvgIpc) is 3.34. The second kappa shape index (κ2) is 8.66. The second-order valence-corrected chi connectivity index (χ2v) is 8.96. The van der Waals surface area contributed by atoms with Gasteiger partial charge in [-0.3, -0.25) is 4.90 Å². The summed E-state index contributed by atoms with van der Waals surface area (Å²) in [7, 11) is 1.72. The first-order valence-corrected chi connectivity index (χ1v) is 11.6. The molecule has 0 amide bonds. The van der Waals surface area contributed by atoms with Crippen molar-refractivity contribution in [2.24, 2.45) is 0 Å². The highest BCUT2D eigenvalue weighted by Gasteiger charge is 2.33. The molecule has 30 heavy (non-hydrogen) atoms. The van der Waals surface area contributed by atoms with E-state index in [0.717, 1.165) is 36.9 Å². The molecule has 2 aliphatic heterocycles. The van der Waals surface area contributed by atoms with Gasteiger partial charge in [-0.25, -0.2) is 0 Å². The summed E-state index contributed by atoms with van der Waals surface area (Å²) in [5, 5.41) is 2.13. The number of thiophene rings is 1. The summed E-state index contributed by atoms with van der Waals surface area (Å²) in [5.41, 5.74) is 3.89. The largest absolute Gasteiger partial charge is 0.497 e. The van der Waals surface area contributed by atoms with Crippen LogP contribution in [0.2, 0.25) is 0 Å². The summed E-state index contributed by atoms with van der Waals surface area (Å²) >= 11 is 1.75. The topological polar surface area (TPSA) is 21.7 Å². The summed E-state index contributed by atoms with van der Waals surface area (Å²) in [6.45, 7) is 3.27. The molecule has 1 aromatic heterocycles. The molecule has 0 N–H and O–H groups in total. The minimum atomic E-state index is 0.180. The van der Waals surface area contributed by atoms with Crippen LogP contribution in [0, 0.1) is 0 Å². The van der Waals surface area contributed by atoms with Crippen LogP contribution >= 0.6 is 11.3 Å². The minimum Gasteiger partial charge on any atom is -0.497 e. The van der Waals surface area contributed by atoms with Crippen LogP contribution in [0.4, 0.5) is 0 Å². The number of benzene rings is 2. The molecule has 3 nitrogen and oxygen atoms in total. The van der Waals surface area contributed by atoms with E-state index in [1.54, 1.807) is 18.4 Å². The van der Waals surface area contributed by atoms with Crippen molar-refractivity contribution in [3.05, 3.63) is 87.6 Å². The van der Waals surface area contributed by atoms with Crippen LogP contribution in [0.5, 0.6) is 11.5 Å². The number of likely N-dealkylation sites (tertiary alicyclic amines) is 1. The molecule has 3 aromatic rings. The number of piperidine rings is 1. The SMILES string of the molecule is COc1ccc([C@H]2C(CN3CCCCC3)=C(c3cccs3)Oc3ccccc32)cc1. The van der Waals surface area contributed by atoms with Gasteiger partial charge in [0.1, 0.15) is 17.3 Å². The molecule has 0 spiro atoms. The van der Waals surface area contributed by atoms with Gasteiger partial charge in [-0.05, 0) is 61.1 Å². The Morgan fingerprint density at radius 2 is 1.77 bits per heavy atom. The van der Waals surface area contributed by atoms with E-state index in [1.165, 1.54) is 40.8 Å². The number of para-hydroxylation sites is 1. The van der Waals surface area contributed by atoms with Gasteiger partial charge in [0, 0.05) is 23.6 Å². The third-order valence-corrected chi connectivity index (χ3v) is 6.99. The zero-order valence-electron chi connectivity index (χ0n) is 17.3. The Morgan fingerprint density at radius 1 is 0.967 bits per heavy atom. The van der Waals surface area contributed by atoms with E-state index in [-0.39, 0.29) is 5.92 Å². The fraction of sp³-hybridized carbons (Fsp3) is 0.308. The predicted molar refractivity (Wildman–Crippen MR) is 123 cm³/mol. The number of hydrogen-bond donors (Lipinski definition) is 0. The first-order valence-electron chi connectivity index (χ1n) is 10.7. The van der Waals surface area contributed by atoms with Crippen LogP contribution in [0.25, 0.3) is 5.76 Å². The van der Waals surface area contributed by atoms with Gasteiger partial charge in [0.05, 0.1) is 12.0 Å². The highest BCUT2D eigenvalue weighted by Crippen LogP contribution is 2.46. The fourth-order valence-electron chi connectivity index (χ4n) is 4.62. The molecule has 0 radical (unpaired) electrons. The maximum atomic E-state index is 6.57. The van der Waals surface area contributed by atoms with Crippen molar-refractivity contribution in [3.63, 3.8) is 0 Å². The first kappa shape index (κ1) is 19.4. The smallest absolute Gasteiger partial charge is 0.146 e. The molecule has 2 aliphatic rings. The lowest BCUT2D eigenvalue weighted by atomic mass is 9.81. The number of rotatable bonds is 5. The van der Waals surface area contributed by atoms with Crippen molar-refractivity contribution in [2.45, 2.75) is 25.2 Å². The Hall–Kier alpha value is -2.56. The molecule has 1 saturated heterocycles. The van der Waals surface area contributed by atoms with Crippen LogP contribution in [-0.2, 0) is 0 Å². The molecule has 1 fully saturated rings. The van der Waals surface area contributed by atoms with Crippen LogP contribution in [0.3, 0.4) is 0 Å². The second-order valence-electron chi connectivity index (χ2n) is 8.01. The molecule has 5 rings (SSSR count). The Balaban J connectivity index is 1.65. The Bertz CT molecular complexity index is 1020. The first-order chi connectivity index (χ1) is 14.8. The van der Waals surface area contributed by atoms with E-state index >= 15 is 0 Å². The average molecular weight is 418 g/mol. The number of fused-ring (bicyclic) bond motifs is 1. The number of ether oxygens (including phenoxy) is 2. The van der Waals surface area contributed by atoms with Gasteiger partial charge in [0.15, 0.2) is 0 Å². The lowest BCUT2D eigenvalue weighted by Crippen LogP contribution is -2.34. The van der Waals surface area contributed by atoms with Crippen molar-refractivity contribution in [1.82, 2.24) is 4.90 Å². The summed E-state index contributed by atoms with van der Waals surface area (Å²) in [5.74, 6) is 3.07. The molecular formula is C26H27NO2S. The van der Waals surface area contributed by atoms with Gasteiger partial charge in [0.2, 0.25) is 0 Å². The maximum absolute atomic E-state index is 6.57. The van der Waals surface area contributed by atoms with E-state index < -0.39 is 0 Å². The number of nitrogens with zero attached hydrogens (tertiary/aromatic N) is 1. The third-order valence-electron chi connectivity index (χ3n) is 6.12. The summed E-state index contributed by atoms with van der Waals surface area (Å²) < 4.78 is 12.0. The maximum Gasteiger partial charge on any atom is 0.146 e. The molecule has 1 atom stereocenters. The normalized spacial score (nSPS) is 19.3. The van der Waals surface area contributed by atoms with E-state index in [1.807, 2.05) is 0 Å². The van der Waals surface area contributed by atoms with Gasteiger partial charge in [0.25, 0.3) is 0 Å². The highest BCUT2D eigenvalue weighted by atomic mass is 32.1. The molecule has 0 bridgehead atoms. The van der Waals surface area contributed by atoms with Crippen molar-refractivity contribution in [2.75, 3.05) is 26.7 Å². The Labute approximate surface area is 182 Å². The monoisotopic (exact) mass is 417 g/mol. The molecule has 0 saturated carbocycles. The fourth-order valence-corrected chi connectivity index (χ4v) is 5.36. The van der Waals surface area contributed by atoms with Gasteiger partial charge >= 0.3 is 0 Å². The Morgan fingerprint density at radius 3 is 2.50 bits per heavy atom. The van der Waals surface area contributed by atoms with Gasteiger partial charge in [-0.2, -0.15) is 0 Å². The van der Waals surface area contributed by atoms with E-state index in [4.69, 9.17) is 9.47 Å². The molecule has 3 heterocycles. The standard InChI is InChI=1S/C26H27NO2S/c1-28-20-13-11-19(12-14-20)25-21-8-3-4-9-23(21)29-26(24-10-7-17-30-24)22(25)18-27-15-5-2-6-16-27/h3-4,7-14,17,25H,2,5-6,15-16,18H2,1H3/t25-/m1/s1. The summed E-state index contributed by atoms with van der Waals surface area (Å²) in [6, 6.07) is 21.3. The van der Waals surface area contributed by atoms with Crippen LogP contribution < -0.4 is 9.47 Å². The lowest BCUT2D eigenvalue weighted by molar-refractivity contribution is 0.242. The quantitative estimate of drug-likeness (QED) is 0.495. The van der Waals surface area contributed by atoms with E-state index in [2.05, 4.69) is 70.9 Å². The van der Waals surface area contributed by atoms with E-state index in [9.17, 15) is 0 Å². The number of methoxy groups -OCH3 is 1. The van der Waals surface area contributed by atoms with Crippen molar-refractivity contribution in [1.29, 1.82) is 0 Å². The van der Waals surface area contributed by atoms with Crippen LogP contribution in [0.1, 0.15) is 41.2 Å². The molecule has 2 aromatic carbocycles. The zero-order chi connectivity index (χ0) is 20.3. The predicted octanol–water partition coefficient (Wildman–Crippen LogP) is 6.18.